The van der Waals surface area contributed by atoms with Crippen molar-refractivity contribution in [1.29, 1.82) is 0 Å². The van der Waals surface area contributed by atoms with Crippen molar-refractivity contribution in [3.63, 3.8) is 0 Å². The van der Waals surface area contributed by atoms with E-state index in [0.717, 1.165) is 23.8 Å². The van der Waals surface area contributed by atoms with Gasteiger partial charge < -0.3 is 5.73 Å². The molecule has 2 heterocycles. The SMILES string of the molecule is CCn1nc(C)cc1C(N)Cc1ncnn1C. The van der Waals surface area contributed by atoms with Crippen molar-refractivity contribution in [3.8, 4) is 0 Å². The molecular weight excluding hydrogens is 216 g/mol. The number of aryl methyl sites for hydroxylation is 3. The molecule has 0 bridgehead atoms. The summed E-state index contributed by atoms with van der Waals surface area (Å²) < 4.78 is 3.69. The molecule has 2 N–H and O–H groups in total. The summed E-state index contributed by atoms with van der Waals surface area (Å²) >= 11 is 0. The fourth-order valence-corrected chi connectivity index (χ4v) is 1.92. The second-order valence-electron chi connectivity index (χ2n) is 4.14. The van der Waals surface area contributed by atoms with Gasteiger partial charge in [0.2, 0.25) is 0 Å². The van der Waals surface area contributed by atoms with Gasteiger partial charge in [-0.25, -0.2) is 4.98 Å². The number of nitrogens with zero attached hydrogens (tertiary/aromatic N) is 5. The zero-order valence-electron chi connectivity index (χ0n) is 10.5. The van der Waals surface area contributed by atoms with Crippen LogP contribution in [0.25, 0.3) is 0 Å². The third kappa shape index (κ3) is 2.36. The highest BCUT2D eigenvalue weighted by atomic mass is 15.3. The summed E-state index contributed by atoms with van der Waals surface area (Å²) in [6, 6.07) is 1.93. The van der Waals surface area contributed by atoms with Gasteiger partial charge in [0.25, 0.3) is 0 Å². The van der Waals surface area contributed by atoms with E-state index in [1.54, 1.807) is 11.0 Å². The van der Waals surface area contributed by atoms with Crippen molar-refractivity contribution < 1.29 is 0 Å². The van der Waals surface area contributed by atoms with Gasteiger partial charge in [-0.2, -0.15) is 10.2 Å². The summed E-state index contributed by atoms with van der Waals surface area (Å²) in [6.45, 7) is 4.87. The highest BCUT2D eigenvalue weighted by Crippen LogP contribution is 2.15. The van der Waals surface area contributed by atoms with E-state index in [4.69, 9.17) is 5.73 Å². The summed E-state index contributed by atoms with van der Waals surface area (Å²) in [5.41, 5.74) is 8.25. The van der Waals surface area contributed by atoms with Gasteiger partial charge in [0, 0.05) is 20.0 Å². The van der Waals surface area contributed by atoms with Gasteiger partial charge in [0.05, 0.1) is 17.4 Å². The van der Waals surface area contributed by atoms with E-state index in [1.165, 1.54) is 0 Å². The Morgan fingerprint density at radius 2 is 2.24 bits per heavy atom. The van der Waals surface area contributed by atoms with E-state index < -0.39 is 0 Å². The van der Waals surface area contributed by atoms with E-state index in [2.05, 4.69) is 22.1 Å². The maximum atomic E-state index is 6.20. The summed E-state index contributed by atoms with van der Waals surface area (Å²) in [4.78, 5) is 4.19. The summed E-state index contributed by atoms with van der Waals surface area (Å²) in [7, 11) is 1.87. The molecule has 0 aliphatic heterocycles. The minimum Gasteiger partial charge on any atom is -0.322 e. The molecule has 0 radical (unpaired) electrons. The minimum absolute atomic E-state index is 0.0981. The number of hydrogen-bond acceptors (Lipinski definition) is 4. The molecule has 0 aliphatic carbocycles. The zero-order valence-corrected chi connectivity index (χ0v) is 10.5. The lowest BCUT2D eigenvalue weighted by Gasteiger charge is -2.12. The van der Waals surface area contributed by atoms with Crippen LogP contribution >= 0.6 is 0 Å². The molecule has 2 aromatic heterocycles. The van der Waals surface area contributed by atoms with Crippen LogP contribution < -0.4 is 5.73 Å². The molecule has 2 aromatic rings. The van der Waals surface area contributed by atoms with Gasteiger partial charge >= 0.3 is 0 Å². The number of hydrogen-bond donors (Lipinski definition) is 1. The average Bonchev–Trinajstić information content (AvgIpc) is 2.85. The van der Waals surface area contributed by atoms with Crippen LogP contribution in [0.5, 0.6) is 0 Å². The summed E-state index contributed by atoms with van der Waals surface area (Å²) in [5, 5.41) is 8.43. The molecule has 92 valence electrons. The second-order valence-corrected chi connectivity index (χ2v) is 4.14. The van der Waals surface area contributed by atoms with Gasteiger partial charge in [0.15, 0.2) is 0 Å². The fourth-order valence-electron chi connectivity index (χ4n) is 1.92. The largest absolute Gasteiger partial charge is 0.322 e. The van der Waals surface area contributed by atoms with Crippen LogP contribution in [0, 0.1) is 6.92 Å². The summed E-state index contributed by atoms with van der Waals surface area (Å²) in [5.74, 6) is 0.888. The van der Waals surface area contributed by atoms with Crippen molar-refractivity contribution in [1.82, 2.24) is 24.5 Å². The lowest BCUT2D eigenvalue weighted by Crippen LogP contribution is -2.20. The molecular formula is C11H18N6. The first-order valence-corrected chi connectivity index (χ1v) is 5.74. The zero-order chi connectivity index (χ0) is 12.4. The Morgan fingerprint density at radius 3 is 2.82 bits per heavy atom. The van der Waals surface area contributed by atoms with Crippen molar-refractivity contribution in [2.75, 3.05) is 0 Å². The third-order valence-electron chi connectivity index (χ3n) is 2.82. The fraction of sp³-hybridized carbons (Fsp3) is 0.545. The molecule has 17 heavy (non-hydrogen) atoms. The second kappa shape index (κ2) is 4.67. The van der Waals surface area contributed by atoms with Crippen LogP contribution in [0.2, 0.25) is 0 Å². The average molecular weight is 234 g/mol. The highest BCUT2D eigenvalue weighted by molar-refractivity contribution is 5.14. The van der Waals surface area contributed by atoms with E-state index >= 15 is 0 Å². The quantitative estimate of drug-likeness (QED) is 0.839. The predicted molar refractivity (Wildman–Crippen MR) is 64.3 cm³/mol. The molecule has 1 unspecified atom stereocenters. The van der Waals surface area contributed by atoms with Gasteiger partial charge in [-0.15, -0.1) is 0 Å². The Bertz CT molecular complexity index is 498. The number of nitrogens with two attached hydrogens (primary N) is 1. The van der Waals surface area contributed by atoms with Crippen LogP contribution in [0.4, 0.5) is 0 Å². The normalized spacial score (nSPS) is 12.9. The molecule has 1 atom stereocenters. The maximum Gasteiger partial charge on any atom is 0.138 e. The third-order valence-corrected chi connectivity index (χ3v) is 2.82. The molecule has 0 amide bonds. The first kappa shape index (κ1) is 11.8. The van der Waals surface area contributed by atoms with Crippen molar-refractivity contribution in [2.24, 2.45) is 12.8 Å². The smallest absolute Gasteiger partial charge is 0.138 e. The van der Waals surface area contributed by atoms with Crippen LogP contribution in [-0.2, 0) is 20.0 Å². The Hall–Kier alpha value is -1.69. The Morgan fingerprint density at radius 1 is 1.47 bits per heavy atom. The van der Waals surface area contributed by atoms with E-state index in [-0.39, 0.29) is 6.04 Å². The van der Waals surface area contributed by atoms with Crippen LogP contribution in [-0.4, -0.2) is 24.5 Å². The van der Waals surface area contributed by atoms with E-state index in [0.29, 0.717) is 6.42 Å². The highest BCUT2D eigenvalue weighted by Gasteiger charge is 2.15. The molecule has 6 heteroatoms. The Balaban J connectivity index is 2.19. The summed E-state index contributed by atoms with van der Waals surface area (Å²) in [6.07, 6.45) is 2.21. The van der Waals surface area contributed by atoms with Crippen molar-refractivity contribution in [2.45, 2.75) is 32.9 Å². The topological polar surface area (TPSA) is 74.6 Å². The lowest BCUT2D eigenvalue weighted by molar-refractivity contribution is 0.548. The molecule has 6 nitrogen and oxygen atoms in total. The molecule has 2 rings (SSSR count). The van der Waals surface area contributed by atoms with E-state index in [9.17, 15) is 0 Å². The molecule has 0 saturated heterocycles. The predicted octanol–water partition coefficient (Wildman–Crippen LogP) is 0.582. The molecule has 0 spiro atoms. The standard InChI is InChI=1S/C11H18N6/c1-4-17-10(5-8(2)15-17)9(12)6-11-13-7-14-16(11)3/h5,7,9H,4,6,12H2,1-3H3. The molecule has 0 aliphatic rings. The molecule has 0 fully saturated rings. The molecule has 0 aromatic carbocycles. The van der Waals surface area contributed by atoms with Gasteiger partial charge in [-0.3, -0.25) is 9.36 Å². The first-order chi connectivity index (χ1) is 8.11. The van der Waals surface area contributed by atoms with Gasteiger partial charge in [0.1, 0.15) is 12.2 Å². The minimum atomic E-state index is -0.0981. The Labute approximate surface area is 100 Å². The van der Waals surface area contributed by atoms with Crippen LogP contribution in [0.1, 0.15) is 30.2 Å². The number of aromatic nitrogens is 5. The Kier molecular flexibility index (Phi) is 3.23. The van der Waals surface area contributed by atoms with Crippen LogP contribution in [0.15, 0.2) is 12.4 Å². The maximum absolute atomic E-state index is 6.20. The lowest BCUT2D eigenvalue weighted by atomic mass is 10.1. The van der Waals surface area contributed by atoms with Gasteiger partial charge in [-0.1, -0.05) is 0 Å². The van der Waals surface area contributed by atoms with E-state index in [1.807, 2.05) is 24.7 Å². The first-order valence-electron chi connectivity index (χ1n) is 5.74. The van der Waals surface area contributed by atoms with Crippen molar-refractivity contribution in [3.05, 3.63) is 29.6 Å². The molecule has 0 saturated carbocycles. The monoisotopic (exact) mass is 234 g/mol. The van der Waals surface area contributed by atoms with Crippen LogP contribution in [0.3, 0.4) is 0 Å². The number of rotatable bonds is 4. The van der Waals surface area contributed by atoms with Gasteiger partial charge in [-0.05, 0) is 19.9 Å². The van der Waals surface area contributed by atoms with Crippen molar-refractivity contribution >= 4 is 0 Å².